The van der Waals surface area contributed by atoms with Crippen LogP contribution in [0.4, 0.5) is 0 Å². The summed E-state index contributed by atoms with van der Waals surface area (Å²) in [5.74, 6) is 0.704. The molecule has 1 aromatic rings. The largest absolute Gasteiger partial charge is 0.213 e. The van der Waals surface area contributed by atoms with E-state index >= 15 is 0 Å². The number of benzene rings is 1. The standard InChI is InChI=1S/C14H21NO2S/c1-18(16,17)15-11-12-7-9-14(10-8-12)13-5-3-2-4-6-13/h7-10,13,15H,2-6,11H2,1H3. The molecule has 0 spiro atoms. The second-order valence-electron chi connectivity index (χ2n) is 5.17. The molecule has 0 atom stereocenters. The number of nitrogens with one attached hydrogen (secondary N) is 1. The van der Waals surface area contributed by atoms with Crippen LogP contribution in [0.2, 0.25) is 0 Å². The fourth-order valence-electron chi connectivity index (χ4n) is 2.56. The van der Waals surface area contributed by atoms with E-state index in [-0.39, 0.29) is 0 Å². The molecule has 2 rings (SSSR count). The summed E-state index contributed by atoms with van der Waals surface area (Å²) in [7, 11) is -3.10. The molecule has 0 aromatic heterocycles. The molecule has 1 aliphatic carbocycles. The lowest BCUT2D eigenvalue weighted by Crippen LogP contribution is -2.21. The Kier molecular flexibility index (Phi) is 4.40. The van der Waals surface area contributed by atoms with Gasteiger partial charge in [0.25, 0.3) is 0 Å². The summed E-state index contributed by atoms with van der Waals surface area (Å²) in [5.41, 5.74) is 2.41. The van der Waals surface area contributed by atoms with Crippen molar-refractivity contribution in [2.45, 2.75) is 44.6 Å². The van der Waals surface area contributed by atoms with E-state index in [1.807, 2.05) is 12.1 Å². The van der Waals surface area contributed by atoms with Crippen molar-refractivity contribution in [1.29, 1.82) is 0 Å². The lowest BCUT2D eigenvalue weighted by molar-refractivity contribution is 0.443. The molecular formula is C14H21NO2S. The first-order chi connectivity index (χ1) is 8.54. The number of rotatable bonds is 4. The molecule has 100 valence electrons. The third kappa shape index (κ3) is 4.10. The van der Waals surface area contributed by atoms with Gasteiger partial charge in [0.1, 0.15) is 0 Å². The number of hydrogen-bond donors (Lipinski definition) is 1. The molecule has 0 amide bonds. The zero-order valence-corrected chi connectivity index (χ0v) is 11.7. The van der Waals surface area contributed by atoms with E-state index in [0.717, 1.165) is 5.56 Å². The Balaban J connectivity index is 1.96. The average molecular weight is 267 g/mol. The minimum absolute atomic E-state index is 0.379. The minimum Gasteiger partial charge on any atom is -0.213 e. The number of hydrogen-bond acceptors (Lipinski definition) is 2. The van der Waals surface area contributed by atoms with Crippen molar-refractivity contribution in [3.8, 4) is 0 Å². The summed E-state index contributed by atoms with van der Waals surface area (Å²) in [6.07, 6.45) is 7.81. The molecule has 0 saturated heterocycles. The van der Waals surface area contributed by atoms with Gasteiger partial charge in [0.2, 0.25) is 10.0 Å². The van der Waals surface area contributed by atoms with Gasteiger partial charge in [-0.25, -0.2) is 13.1 Å². The van der Waals surface area contributed by atoms with Crippen LogP contribution in [0.15, 0.2) is 24.3 Å². The van der Waals surface area contributed by atoms with Gasteiger partial charge in [-0.2, -0.15) is 0 Å². The lowest BCUT2D eigenvalue weighted by Gasteiger charge is -2.22. The summed E-state index contributed by atoms with van der Waals surface area (Å²) in [4.78, 5) is 0. The van der Waals surface area contributed by atoms with Gasteiger partial charge in [-0.1, -0.05) is 43.5 Å². The van der Waals surface area contributed by atoms with Crippen molar-refractivity contribution in [3.05, 3.63) is 35.4 Å². The monoisotopic (exact) mass is 267 g/mol. The van der Waals surface area contributed by atoms with Crippen LogP contribution in [0, 0.1) is 0 Å². The fraction of sp³-hybridized carbons (Fsp3) is 0.571. The van der Waals surface area contributed by atoms with Crippen LogP contribution >= 0.6 is 0 Å². The maximum absolute atomic E-state index is 11.0. The molecule has 0 aliphatic heterocycles. The Morgan fingerprint density at radius 1 is 1.11 bits per heavy atom. The van der Waals surface area contributed by atoms with Crippen LogP contribution in [0.5, 0.6) is 0 Å². The van der Waals surface area contributed by atoms with Gasteiger partial charge < -0.3 is 0 Å². The van der Waals surface area contributed by atoms with Crippen LogP contribution in [0.3, 0.4) is 0 Å². The summed E-state index contributed by atoms with van der Waals surface area (Å²) in [6.45, 7) is 0.379. The van der Waals surface area contributed by atoms with Crippen molar-refractivity contribution in [2.24, 2.45) is 0 Å². The quantitative estimate of drug-likeness (QED) is 0.911. The molecule has 1 saturated carbocycles. The smallest absolute Gasteiger partial charge is 0.209 e. The Bertz CT molecular complexity index is 473. The second-order valence-corrected chi connectivity index (χ2v) is 7.00. The first-order valence-electron chi connectivity index (χ1n) is 6.58. The van der Waals surface area contributed by atoms with Gasteiger partial charge in [-0.3, -0.25) is 0 Å². The SMILES string of the molecule is CS(=O)(=O)NCc1ccc(C2CCCCC2)cc1. The van der Waals surface area contributed by atoms with Gasteiger partial charge >= 0.3 is 0 Å². The first-order valence-corrected chi connectivity index (χ1v) is 8.47. The summed E-state index contributed by atoms with van der Waals surface area (Å²) >= 11 is 0. The Morgan fingerprint density at radius 2 is 1.72 bits per heavy atom. The van der Waals surface area contributed by atoms with Crippen LogP contribution in [-0.4, -0.2) is 14.7 Å². The van der Waals surface area contributed by atoms with Gasteiger partial charge in [0.05, 0.1) is 6.26 Å². The molecular weight excluding hydrogens is 246 g/mol. The van der Waals surface area contributed by atoms with Crippen molar-refractivity contribution >= 4 is 10.0 Å². The van der Waals surface area contributed by atoms with Crippen molar-refractivity contribution in [2.75, 3.05) is 6.26 Å². The molecule has 0 unspecified atom stereocenters. The van der Waals surface area contributed by atoms with Gasteiger partial charge in [-0.05, 0) is 29.9 Å². The normalized spacial score (nSPS) is 17.8. The Morgan fingerprint density at radius 3 is 2.28 bits per heavy atom. The summed E-state index contributed by atoms with van der Waals surface area (Å²) in [5, 5.41) is 0. The third-order valence-corrected chi connectivity index (χ3v) is 4.26. The maximum atomic E-state index is 11.0. The first kappa shape index (κ1) is 13.6. The third-order valence-electron chi connectivity index (χ3n) is 3.59. The average Bonchev–Trinajstić information content (AvgIpc) is 2.37. The maximum Gasteiger partial charge on any atom is 0.209 e. The van der Waals surface area contributed by atoms with Gasteiger partial charge in [-0.15, -0.1) is 0 Å². The molecule has 3 nitrogen and oxygen atoms in total. The van der Waals surface area contributed by atoms with E-state index in [9.17, 15) is 8.42 Å². The summed E-state index contributed by atoms with van der Waals surface area (Å²) < 4.78 is 24.5. The van der Waals surface area contributed by atoms with E-state index in [4.69, 9.17) is 0 Å². The highest BCUT2D eigenvalue weighted by atomic mass is 32.2. The molecule has 4 heteroatoms. The van der Waals surface area contributed by atoms with Crippen molar-refractivity contribution < 1.29 is 8.42 Å². The zero-order chi connectivity index (χ0) is 13.0. The lowest BCUT2D eigenvalue weighted by atomic mass is 9.84. The van der Waals surface area contributed by atoms with Crippen LogP contribution in [0.25, 0.3) is 0 Å². The minimum atomic E-state index is -3.10. The second kappa shape index (κ2) is 5.85. The Labute approximate surface area is 110 Å². The molecule has 18 heavy (non-hydrogen) atoms. The van der Waals surface area contributed by atoms with E-state index in [0.29, 0.717) is 12.5 Å². The Hall–Kier alpha value is -0.870. The molecule has 0 bridgehead atoms. The van der Waals surface area contributed by atoms with Gasteiger partial charge in [0.15, 0.2) is 0 Å². The topological polar surface area (TPSA) is 46.2 Å². The van der Waals surface area contributed by atoms with Crippen molar-refractivity contribution in [3.63, 3.8) is 0 Å². The van der Waals surface area contributed by atoms with Gasteiger partial charge in [0, 0.05) is 6.54 Å². The molecule has 1 aliphatic rings. The van der Waals surface area contributed by atoms with E-state index in [2.05, 4.69) is 16.9 Å². The van der Waals surface area contributed by atoms with E-state index < -0.39 is 10.0 Å². The van der Waals surface area contributed by atoms with Crippen LogP contribution in [-0.2, 0) is 16.6 Å². The molecule has 0 heterocycles. The fourth-order valence-corrected chi connectivity index (χ4v) is 2.99. The molecule has 1 aromatic carbocycles. The highest BCUT2D eigenvalue weighted by Gasteiger charge is 2.15. The van der Waals surface area contributed by atoms with Crippen molar-refractivity contribution in [1.82, 2.24) is 4.72 Å². The molecule has 1 N–H and O–H groups in total. The predicted octanol–water partition coefficient (Wildman–Crippen LogP) is 2.78. The van der Waals surface area contributed by atoms with Crippen LogP contribution < -0.4 is 4.72 Å². The number of sulfonamides is 1. The van der Waals surface area contributed by atoms with E-state index in [1.165, 1.54) is 43.9 Å². The zero-order valence-electron chi connectivity index (χ0n) is 10.9. The molecule has 1 fully saturated rings. The van der Waals surface area contributed by atoms with Crippen LogP contribution in [0.1, 0.15) is 49.1 Å². The summed E-state index contributed by atoms with van der Waals surface area (Å²) in [6, 6.07) is 8.36. The molecule has 0 radical (unpaired) electrons. The van der Waals surface area contributed by atoms with E-state index in [1.54, 1.807) is 0 Å². The predicted molar refractivity (Wildman–Crippen MR) is 74.0 cm³/mol. The highest BCUT2D eigenvalue weighted by Crippen LogP contribution is 2.32. The highest BCUT2D eigenvalue weighted by molar-refractivity contribution is 7.88.